The number of rotatable bonds is 9. The summed E-state index contributed by atoms with van der Waals surface area (Å²) in [6, 6.07) is 0. The smallest absolute Gasteiger partial charge is 0.376 e. The lowest BCUT2D eigenvalue weighted by Gasteiger charge is -2.15. The number of halogens is 1. The van der Waals surface area contributed by atoms with Gasteiger partial charge in [-0.2, -0.15) is 0 Å². The van der Waals surface area contributed by atoms with Crippen LogP contribution in [0.15, 0.2) is 0 Å². The third-order valence-electron chi connectivity index (χ3n) is 1.37. The summed E-state index contributed by atoms with van der Waals surface area (Å²) in [4.78, 5) is 0. The molecule has 5 heteroatoms. The Kier molecular flexibility index (Phi) is 16.5. The highest BCUT2D eigenvalue weighted by Crippen LogP contribution is 1.96. The van der Waals surface area contributed by atoms with Crippen molar-refractivity contribution in [1.29, 1.82) is 0 Å². The molecular formula is C9H23BrO3Si. The molecular weight excluding hydrogens is 264 g/mol. The fourth-order valence-electron chi connectivity index (χ4n) is 0.787. The van der Waals surface area contributed by atoms with Crippen molar-refractivity contribution in [3.63, 3.8) is 0 Å². The standard InChI is InChI=1S/C9H22O3Si.BrH/c1-4-7-10-13(11-8-5-2)12-9-6-3;/h13H,4-9H2,1-3H3;1H. The van der Waals surface area contributed by atoms with Crippen molar-refractivity contribution in [2.75, 3.05) is 19.8 Å². The van der Waals surface area contributed by atoms with Crippen molar-refractivity contribution in [3.05, 3.63) is 0 Å². The van der Waals surface area contributed by atoms with Crippen LogP contribution in [0.3, 0.4) is 0 Å². The summed E-state index contributed by atoms with van der Waals surface area (Å²) in [6.07, 6.45) is 3.07. The van der Waals surface area contributed by atoms with Crippen LogP contribution in [0.2, 0.25) is 0 Å². The van der Waals surface area contributed by atoms with E-state index >= 15 is 0 Å². The zero-order chi connectivity index (χ0) is 9.94. The number of hydrogen-bond donors (Lipinski definition) is 0. The van der Waals surface area contributed by atoms with Crippen LogP contribution in [0.1, 0.15) is 40.0 Å². The van der Waals surface area contributed by atoms with E-state index in [1.54, 1.807) is 0 Å². The molecule has 0 N–H and O–H groups in total. The molecule has 0 amide bonds. The van der Waals surface area contributed by atoms with Gasteiger partial charge < -0.3 is 13.3 Å². The normalized spacial score (nSPS) is 10.3. The molecule has 0 aromatic heterocycles. The van der Waals surface area contributed by atoms with Gasteiger partial charge in [-0.15, -0.1) is 17.0 Å². The topological polar surface area (TPSA) is 27.7 Å². The monoisotopic (exact) mass is 286 g/mol. The first kappa shape index (κ1) is 17.0. The molecule has 3 nitrogen and oxygen atoms in total. The fraction of sp³-hybridized carbons (Fsp3) is 1.00. The Balaban J connectivity index is 0. The Morgan fingerprint density at radius 2 is 1.00 bits per heavy atom. The van der Waals surface area contributed by atoms with Crippen molar-refractivity contribution >= 4 is 26.5 Å². The first-order valence-electron chi connectivity index (χ1n) is 5.19. The van der Waals surface area contributed by atoms with Gasteiger partial charge in [-0.1, -0.05) is 20.8 Å². The average Bonchev–Trinajstić information content (AvgIpc) is 2.17. The SMILES string of the molecule is Br.CCCO[SiH](OCCC)OCCC. The van der Waals surface area contributed by atoms with Gasteiger partial charge in [0.25, 0.3) is 0 Å². The average molecular weight is 287 g/mol. The number of hydrogen-bond acceptors (Lipinski definition) is 3. The zero-order valence-electron chi connectivity index (χ0n) is 9.45. The fourth-order valence-corrected chi connectivity index (χ4v) is 2.36. The van der Waals surface area contributed by atoms with Crippen molar-refractivity contribution in [1.82, 2.24) is 0 Å². The van der Waals surface area contributed by atoms with Crippen LogP contribution in [-0.4, -0.2) is 29.3 Å². The Morgan fingerprint density at radius 1 is 0.714 bits per heavy atom. The quantitative estimate of drug-likeness (QED) is 0.610. The molecule has 0 heterocycles. The summed E-state index contributed by atoms with van der Waals surface area (Å²) < 4.78 is 16.5. The predicted molar refractivity (Wildman–Crippen MR) is 66.2 cm³/mol. The molecule has 0 aromatic rings. The highest BCUT2D eigenvalue weighted by atomic mass is 79.9. The van der Waals surface area contributed by atoms with E-state index in [0.717, 1.165) is 39.1 Å². The largest absolute Gasteiger partial charge is 0.484 e. The van der Waals surface area contributed by atoms with Gasteiger partial charge in [0.15, 0.2) is 0 Å². The van der Waals surface area contributed by atoms with Crippen LogP contribution in [0.25, 0.3) is 0 Å². The molecule has 0 aliphatic heterocycles. The van der Waals surface area contributed by atoms with Gasteiger partial charge in [0.05, 0.1) is 0 Å². The molecule has 0 spiro atoms. The summed E-state index contributed by atoms with van der Waals surface area (Å²) in [7, 11) is -1.79. The van der Waals surface area contributed by atoms with E-state index in [1.165, 1.54) is 0 Å². The van der Waals surface area contributed by atoms with E-state index in [4.69, 9.17) is 13.3 Å². The zero-order valence-corrected chi connectivity index (χ0v) is 12.3. The lowest BCUT2D eigenvalue weighted by molar-refractivity contribution is 0.0933. The molecule has 88 valence electrons. The minimum Gasteiger partial charge on any atom is -0.376 e. The van der Waals surface area contributed by atoms with Crippen LogP contribution < -0.4 is 0 Å². The summed E-state index contributed by atoms with van der Waals surface area (Å²) in [5, 5.41) is 0. The van der Waals surface area contributed by atoms with Gasteiger partial charge in [-0.05, 0) is 19.3 Å². The van der Waals surface area contributed by atoms with Crippen LogP contribution in [0, 0.1) is 0 Å². The third kappa shape index (κ3) is 10.7. The van der Waals surface area contributed by atoms with E-state index in [2.05, 4.69) is 20.8 Å². The minimum absolute atomic E-state index is 0. The van der Waals surface area contributed by atoms with Gasteiger partial charge in [0.1, 0.15) is 0 Å². The molecule has 0 saturated heterocycles. The maximum Gasteiger partial charge on any atom is 0.484 e. The first-order valence-corrected chi connectivity index (χ1v) is 6.61. The van der Waals surface area contributed by atoms with Crippen molar-refractivity contribution in [2.45, 2.75) is 40.0 Å². The maximum atomic E-state index is 5.49. The molecule has 0 bridgehead atoms. The first-order chi connectivity index (χ1) is 6.35. The highest BCUT2D eigenvalue weighted by Gasteiger charge is 2.13. The van der Waals surface area contributed by atoms with E-state index < -0.39 is 9.53 Å². The van der Waals surface area contributed by atoms with E-state index in [-0.39, 0.29) is 17.0 Å². The molecule has 0 aromatic carbocycles. The molecule has 0 aliphatic carbocycles. The highest BCUT2D eigenvalue weighted by molar-refractivity contribution is 8.93. The molecule has 0 unspecified atom stereocenters. The second-order valence-electron chi connectivity index (χ2n) is 2.90. The summed E-state index contributed by atoms with van der Waals surface area (Å²) in [5.41, 5.74) is 0. The van der Waals surface area contributed by atoms with E-state index in [0.29, 0.717) is 0 Å². The van der Waals surface area contributed by atoms with E-state index in [1.807, 2.05) is 0 Å². The molecule has 0 rings (SSSR count). The van der Waals surface area contributed by atoms with Crippen molar-refractivity contribution in [2.24, 2.45) is 0 Å². The van der Waals surface area contributed by atoms with Gasteiger partial charge in [-0.25, -0.2) is 0 Å². The van der Waals surface area contributed by atoms with Crippen LogP contribution >= 0.6 is 17.0 Å². The molecule has 0 atom stereocenters. The summed E-state index contributed by atoms with van der Waals surface area (Å²) >= 11 is 0. The van der Waals surface area contributed by atoms with E-state index in [9.17, 15) is 0 Å². The van der Waals surface area contributed by atoms with Gasteiger partial charge >= 0.3 is 9.53 Å². The molecule has 0 saturated carbocycles. The van der Waals surface area contributed by atoms with Crippen LogP contribution in [0.4, 0.5) is 0 Å². The second-order valence-corrected chi connectivity index (χ2v) is 4.48. The molecule has 0 fully saturated rings. The third-order valence-corrected chi connectivity index (χ3v) is 2.90. The summed E-state index contributed by atoms with van der Waals surface area (Å²) in [6.45, 7) is 8.53. The Labute approximate surface area is 99.9 Å². The van der Waals surface area contributed by atoms with Crippen molar-refractivity contribution < 1.29 is 13.3 Å². The van der Waals surface area contributed by atoms with Gasteiger partial charge in [-0.3, -0.25) is 0 Å². The Hall–Kier alpha value is 0.577. The second kappa shape index (κ2) is 13.6. The Bertz CT molecular complexity index is 87.0. The lowest BCUT2D eigenvalue weighted by atomic mass is 10.5. The maximum absolute atomic E-state index is 5.49. The van der Waals surface area contributed by atoms with Crippen molar-refractivity contribution in [3.8, 4) is 0 Å². The van der Waals surface area contributed by atoms with Gasteiger partial charge in [0.2, 0.25) is 0 Å². The Morgan fingerprint density at radius 3 is 1.21 bits per heavy atom. The minimum atomic E-state index is -1.79. The van der Waals surface area contributed by atoms with Crippen LogP contribution in [0.5, 0.6) is 0 Å². The summed E-state index contributed by atoms with van der Waals surface area (Å²) in [5.74, 6) is 0. The predicted octanol–water partition coefficient (Wildman–Crippen LogP) is 2.56. The molecule has 0 radical (unpaired) electrons. The van der Waals surface area contributed by atoms with Crippen LogP contribution in [-0.2, 0) is 13.3 Å². The molecule has 0 aliphatic rings. The molecule has 14 heavy (non-hydrogen) atoms. The van der Waals surface area contributed by atoms with Gasteiger partial charge in [0, 0.05) is 19.8 Å². The lowest BCUT2D eigenvalue weighted by Crippen LogP contribution is -2.28.